The van der Waals surface area contributed by atoms with Crippen molar-refractivity contribution < 1.29 is 19.2 Å². The third-order valence-electron chi connectivity index (χ3n) is 6.19. The quantitative estimate of drug-likeness (QED) is 0.704. The molecular weight excluding hydrogens is 372 g/mol. The number of likely N-dealkylation sites (tertiary alicyclic amines) is 1. The number of imide groups is 2. The molecule has 0 spiro atoms. The summed E-state index contributed by atoms with van der Waals surface area (Å²) in [6.07, 6.45) is 3.61. The van der Waals surface area contributed by atoms with Crippen LogP contribution >= 0.6 is 0 Å². The van der Waals surface area contributed by atoms with Gasteiger partial charge < -0.3 is 5.73 Å². The average Bonchev–Trinajstić information content (AvgIpc) is 2.94. The van der Waals surface area contributed by atoms with Gasteiger partial charge in [-0.05, 0) is 68.9 Å². The Labute approximate surface area is 169 Å². The zero-order valence-corrected chi connectivity index (χ0v) is 16.4. The van der Waals surface area contributed by atoms with Crippen molar-refractivity contribution in [3.05, 3.63) is 34.9 Å². The molecule has 1 aromatic rings. The molecule has 3 N–H and O–H groups in total. The third kappa shape index (κ3) is 3.82. The SMILES string of the molecule is NCCC1CCN(Cc2ccc3c(c2)C(=O)N(C2CCC(=O)NC2=O)C3=O)CC1. The molecule has 8 nitrogen and oxygen atoms in total. The molecule has 2 saturated heterocycles. The van der Waals surface area contributed by atoms with E-state index in [1.54, 1.807) is 12.1 Å². The molecule has 3 aliphatic heterocycles. The van der Waals surface area contributed by atoms with E-state index in [0.717, 1.165) is 55.9 Å². The Bertz CT molecular complexity index is 860. The van der Waals surface area contributed by atoms with Gasteiger partial charge in [-0.25, -0.2) is 0 Å². The summed E-state index contributed by atoms with van der Waals surface area (Å²) in [4.78, 5) is 52.5. The molecule has 0 aromatic heterocycles. The van der Waals surface area contributed by atoms with Crippen LogP contribution in [-0.2, 0) is 16.1 Å². The number of nitrogens with two attached hydrogens (primary N) is 1. The van der Waals surface area contributed by atoms with E-state index in [2.05, 4.69) is 10.2 Å². The zero-order chi connectivity index (χ0) is 20.5. The fourth-order valence-corrected chi connectivity index (χ4v) is 4.54. The predicted molar refractivity (Wildman–Crippen MR) is 105 cm³/mol. The molecule has 3 aliphatic rings. The molecule has 29 heavy (non-hydrogen) atoms. The molecular formula is C21H26N4O4. The Hall–Kier alpha value is -2.58. The minimum atomic E-state index is -0.926. The first-order valence-electron chi connectivity index (χ1n) is 10.2. The highest BCUT2D eigenvalue weighted by atomic mass is 16.2. The molecule has 1 unspecified atom stereocenters. The van der Waals surface area contributed by atoms with Crippen molar-refractivity contribution in [2.24, 2.45) is 11.7 Å². The van der Waals surface area contributed by atoms with Crippen LogP contribution in [0.1, 0.15) is 58.4 Å². The van der Waals surface area contributed by atoms with Crippen LogP contribution in [0.4, 0.5) is 0 Å². The van der Waals surface area contributed by atoms with Gasteiger partial charge in [0.25, 0.3) is 11.8 Å². The van der Waals surface area contributed by atoms with E-state index in [-0.39, 0.29) is 18.7 Å². The number of benzene rings is 1. The molecule has 8 heteroatoms. The average molecular weight is 398 g/mol. The highest BCUT2D eigenvalue weighted by Crippen LogP contribution is 2.29. The van der Waals surface area contributed by atoms with Gasteiger partial charge in [0, 0.05) is 13.0 Å². The van der Waals surface area contributed by atoms with Gasteiger partial charge in [0.2, 0.25) is 11.8 Å². The van der Waals surface area contributed by atoms with Crippen LogP contribution in [0.15, 0.2) is 18.2 Å². The molecule has 4 rings (SSSR count). The summed E-state index contributed by atoms with van der Waals surface area (Å²) in [7, 11) is 0. The number of nitrogens with one attached hydrogen (secondary N) is 1. The number of piperidine rings is 2. The van der Waals surface area contributed by atoms with Crippen molar-refractivity contribution >= 4 is 23.6 Å². The van der Waals surface area contributed by atoms with Crippen LogP contribution in [0.25, 0.3) is 0 Å². The first kappa shape index (κ1) is 19.7. The summed E-state index contributed by atoms with van der Waals surface area (Å²) < 4.78 is 0. The molecule has 0 bridgehead atoms. The van der Waals surface area contributed by atoms with Crippen molar-refractivity contribution in [3.63, 3.8) is 0 Å². The summed E-state index contributed by atoms with van der Waals surface area (Å²) in [5, 5.41) is 2.21. The first-order valence-corrected chi connectivity index (χ1v) is 10.2. The van der Waals surface area contributed by atoms with Crippen LogP contribution < -0.4 is 11.1 Å². The highest BCUT2D eigenvalue weighted by Gasteiger charge is 2.44. The number of hydrogen-bond acceptors (Lipinski definition) is 6. The van der Waals surface area contributed by atoms with Gasteiger partial charge in [-0.3, -0.25) is 34.3 Å². The molecule has 2 fully saturated rings. The maximum absolute atomic E-state index is 12.9. The summed E-state index contributed by atoms with van der Waals surface area (Å²) in [6.45, 7) is 3.45. The normalized spacial score (nSPS) is 23.5. The summed E-state index contributed by atoms with van der Waals surface area (Å²) >= 11 is 0. The van der Waals surface area contributed by atoms with E-state index in [1.807, 2.05) is 6.07 Å². The van der Waals surface area contributed by atoms with E-state index in [0.29, 0.717) is 17.0 Å². The van der Waals surface area contributed by atoms with Crippen LogP contribution in [0.5, 0.6) is 0 Å². The lowest BCUT2D eigenvalue weighted by atomic mass is 9.93. The number of carbonyl (C=O) groups is 4. The number of fused-ring (bicyclic) bond motifs is 1. The van der Waals surface area contributed by atoms with Gasteiger partial charge in [-0.2, -0.15) is 0 Å². The summed E-state index contributed by atoms with van der Waals surface area (Å²) in [6, 6.07) is 4.40. The highest BCUT2D eigenvalue weighted by molar-refractivity contribution is 6.23. The van der Waals surface area contributed by atoms with E-state index in [9.17, 15) is 19.2 Å². The fraction of sp³-hybridized carbons (Fsp3) is 0.524. The van der Waals surface area contributed by atoms with Crippen LogP contribution in [0, 0.1) is 5.92 Å². The maximum atomic E-state index is 12.9. The largest absolute Gasteiger partial charge is 0.330 e. The molecule has 4 amide bonds. The number of carbonyl (C=O) groups excluding carboxylic acids is 4. The topological polar surface area (TPSA) is 113 Å². The van der Waals surface area contributed by atoms with Crippen LogP contribution in [-0.4, -0.2) is 59.1 Å². The molecule has 0 radical (unpaired) electrons. The standard InChI is InChI=1S/C21H26N4O4/c22-8-5-13-6-9-24(10-7-13)12-14-1-2-15-16(11-14)21(29)25(20(15)28)17-3-4-18(26)23-19(17)27/h1-2,11,13,17H,3-10,12,22H2,(H,23,26,27). The van der Waals surface area contributed by atoms with E-state index >= 15 is 0 Å². The van der Waals surface area contributed by atoms with Gasteiger partial charge in [0.05, 0.1) is 11.1 Å². The third-order valence-corrected chi connectivity index (χ3v) is 6.19. The fourth-order valence-electron chi connectivity index (χ4n) is 4.54. The molecule has 1 atom stereocenters. The number of hydrogen-bond donors (Lipinski definition) is 2. The molecule has 154 valence electrons. The Morgan fingerprint density at radius 2 is 1.72 bits per heavy atom. The Morgan fingerprint density at radius 3 is 2.41 bits per heavy atom. The lowest BCUT2D eigenvalue weighted by molar-refractivity contribution is -0.136. The van der Waals surface area contributed by atoms with Crippen LogP contribution in [0.3, 0.4) is 0 Å². The lowest BCUT2D eigenvalue weighted by Crippen LogP contribution is -2.54. The van der Waals surface area contributed by atoms with E-state index < -0.39 is 23.8 Å². The second-order valence-electron chi connectivity index (χ2n) is 8.12. The van der Waals surface area contributed by atoms with Gasteiger partial charge >= 0.3 is 0 Å². The monoisotopic (exact) mass is 398 g/mol. The molecule has 0 aliphatic carbocycles. The van der Waals surface area contributed by atoms with Gasteiger partial charge in [0.15, 0.2) is 0 Å². The molecule has 3 heterocycles. The van der Waals surface area contributed by atoms with Crippen molar-refractivity contribution in [3.8, 4) is 0 Å². The second kappa shape index (κ2) is 8.04. The summed E-state index contributed by atoms with van der Waals surface area (Å²) in [5.74, 6) is -1.19. The van der Waals surface area contributed by atoms with Crippen LogP contribution in [0.2, 0.25) is 0 Å². The number of nitrogens with zero attached hydrogens (tertiary/aromatic N) is 2. The van der Waals surface area contributed by atoms with Gasteiger partial charge in [-0.1, -0.05) is 6.07 Å². The molecule has 0 saturated carbocycles. The number of rotatable bonds is 5. The van der Waals surface area contributed by atoms with Gasteiger partial charge in [0.1, 0.15) is 6.04 Å². The van der Waals surface area contributed by atoms with Crippen molar-refractivity contribution in [2.45, 2.75) is 44.7 Å². The second-order valence-corrected chi connectivity index (χ2v) is 8.12. The van der Waals surface area contributed by atoms with Crippen molar-refractivity contribution in [1.82, 2.24) is 15.1 Å². The predicted octanol–water partition coefficient (Wildman–Crippen LogP) is 0.649. The minimum absolute atomic E-state index is 0.120. The zero-order valence-electron chi connectivity index (χ0n) is 16.4. The van der Waals surface area contributed by atoms with Crippen molar-refractivity contribution in [2.75, 3.05) is 19.6 Å². The minimum Gasteiger partial charge on any atom is -0.330 e. The lowest BCUT2D eigenvalue weighted by Gasteiger charge is -2.31. The smallest absolute Gasteiger partial charge is 0.262 e. The maximum Gasteiger partial charge on any atom is 0.262 e. The first-order chi connectivity index (χ1) is 14.0. The summed E-state index contributed by atoms with van der Waals surface area (Å²) in [5.41, 5.74) is 7.30. The Balaban J connectivity index is 1.46. The molecule has 1 aromatic carbocycles. The van der Waals surface area contributed by atoms with E-state index in [4.69, 9.17) is 5.73 Å². The van der Waals surface area contributed by atoms with E-state index in [1.165, 1.54) is 0 Å². The van der Waals surface area contributed by atoms with Gasteiger partial charge in [-0.15, -0.1) is 0 Å². The Kier molecular flexibility index (Phi) is 5.47. The number of amides is 4. The Morgan fingerprint density at radius 1 is 1.00 bits per heavy atom. The van der Waals surface area contributed by atoms with Crippen molar-refractivity contribution in [1.29, 1.82) is 0 Å².